The van der Waals surface area contributed by atoms with Crippen molar-refractivity contribution < 1.29 is 18.3 Å². The van der Waals surface area contributed by atoms with Gasteiger partial charge in [-0.25, -0.2) is 8.42 Å². The largest absolute Gasteiger partial charge is 0.392 e. The highest BCUT2D eigenvalue weighted by Gasteiger charge is 2.27. The van der Waals surface area contributed by atoms with Gasteiger partial charge in [0.1, 0.15) is 0 Å². The average Bonchev–Trinajstić information content (AvgIpc) is 2.48. The number of likely N-dealkylation sites (N-methyl/N-ethyl adjacent to an activating group) is 1. The number of aliphatic hydroxyl groups excluding tert-OH is 1. The molecule has 5 nitrogen and oxygen atoms in total. The Kier molecular flexibility index (Phi) is 5.37. The van der Waals surface area contributed by atoms with Gasteiger partial charge in [0.2, 0.25) is 10.0 Å². The Morgan fingerprint density at radius 1 is 1.38 bits per heavy atom. The van der Waals surface area contributed by atoms with Crippen LogP contribution in [0.15, 0.2) is 23.1 Å². The molecule has 0 radical (unpaired) electrons. The van der Waals surface area contributed by atoms with Gasteiger partial charge in [0.15, 0.2) is 0 Å². The van der Waals surface area contributed by atoms with E-state index in [2.05, 4.69) is 0 Å². The van der Waals surface area contributed by atoms with E-state index in [0.29, 0.717) is 24.3 Å². The highest BCUT2D eigenvalue weighted by molar-refractivity contribution is 7.89. The zero-order chi connectivity index (χ0) is 15.5. The fourth-order valence-electron chi connectivity index (χ4n) is 2.61. The number of aliphatic hydroxyl groups is 1. The molecule has 1 atom stereocenters. The zero-order valence-electron chi connectivity index (χ0n) is 12.6. The van der Waals surface area contributed by atoms with Gasteiger partial charge >= 0.3 is 0 Å². The van der Waals surface area contributed by atoms with Crippen molar-refractivity contribution in [3.05, 3.63) is 29.3 Å². The molecule has 1 N–H and O–H groups in total. The molecule has 1 aromatic rings. The lowest BCUT2D eigenvalue weighted by Gasteiger charge is -2.27. The third kappa shape index (κ3) is 3.63. The molecule has 1 fully saturated rings. The lowest BCUT2D eigenvalue weighted by Crippen LogP contribution is -2.37. The number of ether oxygens (including phenoxy) is 1. The standard InChI is InChI=1S/C15H23NO4S/c1-12-13(11-17)6-5-8-15(12)21(18,19)16(2)10-14-7-3-4-9-20-14/h5-6,8,14,17H,3-4,7,9-11H2,1-2H3. The predicted molar refractivity (Wildman–Crippen MR) is 80.5 cm³/mol. The van der Waals surface area contributed by atoms with Gasteiger partial charge in [-0.15, -0.1) is 0 Å². The molecule has 0 bridgehead atoms. The highest BCUT2D eigenvalue weighted by atomic mass is 32.2. The summed E-state index contributed by atoms with van der Waals surface area (Å²) >= 11 is 0. The summed E-state index contributed by atoms with van der Waals surface area (Å²) in [4.78, 5) is 0.257. The second-order valence-electron chi connectivity index (χ2n) is 5.47. The van der Waals surface area contributed by atoms with Crippen LogP contribution in [-0.4, -0.2) is 44.1 Å². The number of hydrogen-bond acceptors (Lipinski definition) is 4. The fraction of sp³-hybridized carbons (Fsp3) is 0.600. The Morgan fingerprint density at radius 3 is 2.76 bits per heavy atom. The summed E-state index contributed by atoms with van der Waals surface area (Å²) < 4.78 is 32.3. The van der Waals surface area contributed by atoms with Crippen molar-refractivity contribution in [2.24, 2.45) is 0 Å². The van der Waals surface area contributed by atoms with E-state index in [1.54, 1.807) is 32.2 Å². The van der Waals surface area contributed by atoms with E-state index in [1.165, 1.54) is 4.31 Å². The Morgan fingerprint density at radius 2 is 2.14 bits per heavy atom. The summed E-state index contributed by atoms with van der Waals surface area (Å²) in [6, 6.07) is 4.98. The van der Waals surface area contributed by atoms with Crippen molar-refractivity contribution in [2.45, 2.75) is 43.8 Å². The predicted octanol–water partition coefficient (Wildman–Crippen LogP) is 1.68. The Balaban J connectivity index is 2.20. The van der Waals surface area contributed by atoms with Gasteiger partial charge in [-0.05, 0) is 43.4 Å². The molecule has 2 rings (SSSR count). The van der Waals surface area contributed by atoms with Crippen LogP contribution in [0.1, 0.15) is 30.4 Å². The Labute approximate surface area is 126 Å². The van der Waals surface area contributed by atoms with Crippen LogP contribution < -0.4 is 0 Å². The summed E-state index contributed by atoms with van der Waals surface area (Å²) in [5, 5.41) is 9.28. The van der Waals surface area contributed by atoms with Crippen LogP contribution in [-0.2, 0) is 21.4 Å². The number of nitrogens with zero attached hydrogens (tertiary/aromatic N) is 1. The minimum absolute atomic E-state index is 0.0279. The van der Waals surface area contributed by atoms with E-state index in [1.807, 2.05) is 0 Å². The van der Waals surface area contributed by atoms with Crippen LogP contribution in [0, 0.1) is 6.92 Å². The lowest BCUT2D eigenvalue weighted by atomic mass is 10.1. The van der Waals surface area contributed by atoms with Crippen molar-refractivity contribution >= 4 is 10.0 Å². The maximum Gasteiger partial charge on any atom is 0.243 e. The van der Waals surface area contributed by atoms with E-state index >= 15 is 0 Å². The van der Waals surface area contributed by atoms with E-state index in [0.717, 1.165) is 19.3 Å². The van der Waals surface area contributed by atoms with Gasteiger partial charge in [0, 0.05) is 20.2 Å². The molecule has 1 aliphatic heterocycles. The minimum Gasteiger partial charge on any atom is -0.392 e. The maximum absolute atomic E-state index is 12.7. The van der Waals surface area contributed by atoms with Crippen molar-refractivity contribution in [1.82, 2.24) is 4.31 Å². The van der Waals surface area contributed by atoms with E-state index < -0.39 is 10.0 Å². The molecule has 1 saturated heterocycles. The molecule has 1 heterocycles. The topological polar surface area (TPSA) is 66.8 Å². The fourth-order valence-corrected chi connectivity index (χ4v) is 4.08. The first-order valence-electron chi connectivity index (χ1n) is 7.24. The molecule has 1 aromatic carbocycles. The second kappa shape index (κ2) is 6.87. The summed E-state index contributed by atoms with van der Waals surface area (Å²) in [5.41, 5.74) is 1.25. The highest BCUT2D eigenvalue weighted by Crippen LogP contribution is 2.23. The van der Waals surface area contributed by atoms with Gasteiger partial charge in [0.25, 0.3) is 0 Å². The smallest absolute Gasteiger partial charge is 0.243 e. The van der Waals surface area contributed by atoms with E-state index in [-0.39, 0.29) is 17.6 Å². The van der Waals surface area contributed by atoms with E-state index in [4.69, 9.17) is 4.74 Å². The van der Waals surface area contributed by atoms with Crippen LogP contribution in [0.5, 0.6) is 0 Å². The number of hydrogen-bond donors (Lipinski definition) is 1. The lowest BCUT2D eigenvalue weighted by molar-refractivity contribution is 0.00858. The minimum atomic E-state index is -3.56. The molecule has 0 amide bonds. The van der Waals surface area contributed by atoms with Crippen LogP contribution in [0.2, 0.25) is 0 Å². The number of rotatable bonds is 5. The van der Waals surface area contributed by atoms with Crippen LogP contribution in [0.4, 0.5) is 0 Å². The van der Waals surface area contributed by atoms with Crippen molar-refractivity contribution in [3.8, 4) is 0 Å². The van der Waals surface area contributed by atoms with Crippen LogP contribution >= 0.6 is 0 Å². The molecule has 118 valence electrons. The molecular formula is C15H23NO4S. The zero-order valence-corrected chi connectivity index (χ0v) is 13.4. The number of sulfonamides is 1. The summed E-state index contributed by atoms with van der Waals surface area (Å²) in [5.74, 6) is 0. The third-order valence-electron chi connectivity index (χ3n) is 3.99. The van der Waals surface area contributed by atoms with Gasteiger partial charge < -0.3 is 9.84 Å². The van der Waals surface area contributed by atoms with Gasteiger partial charge in [0.05, 0.1) is 17.6 Å². The van der Waals surface area contributed by atoms with Crippen LogP contribution in [0.25, 0.3) is 0 Å². The van der Waals surface area contributed by atoms with Crippen molar-refractivity contribution in [2.75, 3.05) is 20.2 Å². The second-order valence-corrected chi connectivity index (χ2v) is 7.49. The number of benzene rings is 1. The van der Waals surface area contributed by atoms with Crippen molar-refractivity contribution in [1.29, 1.82) is 0 Å². The Bertz CT molecular complexity index is 579. The molecule has 0 aromatic heterocycles. The van der Waals surface area contributed by atoms with Gasteiger partial charge in [-0.1, -0.05) is 12.1 Å². The average molecular weight is 313 g/mol. The molecule has 0 spiro atoms. The third-order valence-corrected chi connectivity index (χ3v) is 5.96. The molecular weight excluding hydrogens is 290 g/mol. The normalized spacial score (nSPS) is 19.9. The molecule has 0 aliphatic carbocycles. The molecule has 1 aliphatic rings. The monoisotopic (exact) mass is 313 g/mol. The first-order chi connectivity index (χ1) is 9.96. The van der Waals surface area contributed by atoms with Crippen LogP contribution in [0.3, 0.4) is 0 Å². The van der Waals surface area contributed by atoms with Gasteiger partial charge in [-0.3, -0.25) is 0 Å². The molecule has 1 unspecified atom stereocenters. The SMILES string of the molecule is Cc1c(CO)cccc1S(=O)(=O)N(C)CC1CCCCO1. The Hall–Kier alpha value is -0.950. The van der Waals surface area contributed by atoms with E-state index in [9.17, 15) is 13.5 Å². The molecule has 21 heavy (non-hydrogen) atoms. The summed E-state index contributed by atoms with van der Waals surface area (Å²) in [6.07, 6.45) is 3.00. The molecule has 6 heteroatoms. The first-order valence-corrected chi connectivity index (χ1v) is 8.68. The quantitative estimate of drug-likeness (QED) is 0.898. The maximum atomic E-state index is 12.7. The first kappa shape index (κ1) is 16.4. The summed E-state index contributed by atoms with van der Waals surface area (Å²) in [7, 11) is -1.98. The van der Waals surface area contributed by atoms with Gasteiger partial charge in [-0.2, -0.15) is 4.31 Å². The summed E-state index contributed by atoms with van der Waals surface area (Å²) in [6.45, 7) is 2.64. The van der Waals surface area contributed by atoms with Crippen molar-refractivity contribution in [3.63, 3.8) is 0 Å². The molecule has 0 saturated carbocycles.